The summed E-state index contributed by atoms with van der Waals surface area (Å²) in [7, 11) is 0. The predicted octanol–water partition coefficient (Wildman–Crippen LogP) is 3.76. The van der Waals surface area contributed by atoms with Gasteiger partial charge in [0.2, 0.25) is 0 Å². The van der Waals surface area contributed by atoms with Crippen LogP contribution in [0.4, 0.5) is 0 Å². The first kappa shape index (κ1) is 12.8. The Bertz CT molecular complexity index is 205. The van der Waals surface area contributed by atoms with Gasteiger partial charge in [0.15, 0.2) is 0 Å². The molecule has 0 aromatic heterocycles. The van der Waals surface area contributed by atoms with Gasteiger partial charge in [-0.1, -0.05) is 39.3 Å². The van der Waals surface area contributed by atoms with Crippen LogP contribution in [-0.4, -0.2) is 12.6 Å². The summed E-state index contributed by atoms with van der Waals surface area (Å²) in [6.07, 6.45) is 7.86. The lowest BCUT2D eigenvalue weighted by atomic mass is 9.82. The molecule has 2 atom stereocenters. The molecular weight excluding hydrogens is 182 g/mol. The highest BCUT2D eigenvalue weighted by Gasteiger charge is 2.23. The summed E-state index contributed by atoms with van der Waals surface area (Å²) in [5.74, 6) is 1.51. The maximum atomic E-state index is 3.67. The van der Waals surface area contributed by atoms with Crippen LogP contribution < -0.4 is 5.32 Å². The molecule has 0 aromatic rings. The number of hydrogen-bond donors (Lipinski definition) is 1. The van der Waals surface area contributed by atoms with Crippen molar-refractivity contribution in [2.75, 3.05) is 6.54 Å². The molecule has 1 aliphatic rings. The maximum Gasteiger partial charge on any atom is 0.0307 e. The second-order valence-electron chi connectivity index (χ2n) is 5.16. The van der Waals surface area contributed by atoms with Crippen molar-refractivity contribution < 1.29 is 0 Å². The van der Waals surface area contributed by atoms with Crippen molar-refractivity contribution in [2.24, 2.45) is 11.8 Å². The Kier molecular flexibility index (Phi) is 5.38. The first-order chi connectivity index (χ1) is 7.16. The summed E-state index contributed by atoms with van der Waals surface area (Å²) >= 11 is 0. The molecule has 88 valence electrons. The van der Waals surface area contributed by atoms with Crippen LogP contribution in [0.2, 0.25) is 0 Å². The minimum Gasteiger partial charge on any atom is -0.310 e. The third-order valence-electron chi connectivity index (χ3n) is 3.73. The van der Waals surface area contributed by atoms with Crippen molar-refractivity contribution >= 4 is 0 Å². The first-order valence-electron chi connectivity index (χ1n) is 6.59. The molecule has 0 saturated carbocycles. The van der Waals surface area contributed by atoms with Gasteiger partial charge in [-0.3, -0.25) is 0 Å². The standard InChI is InChI=1S/C14H27N/c1-5-15-14(12(4)11(2)3)13-9-7-6-8-10-13/h9,11-12,14-15H,5-8,10H2,1-4H3. The zero-order chi connectivity index (χ0) is 11.3. The molecular formula is C14H27N. The molecule has 1 nitrogen and oxygen atoms in total. The molecule has 15 heavy (non-hydrogen) atoms. The molecule has 2 unspecified atom stereocenters. The van der Waals surface area contributed by atoms with E-state index in [1.165, 1.54) is 25.7 Å². The van der Waals surface area contributed by atoms with Crippen molar-refractivity contribution in [3.05, 3.63) is 11.6 Å². The van der Waals surface area contributed by atoms with E-state index in [0.717, 1.165) is 18.4 Å². The fraction of sp³-hybridized carbons (Fsp3) is 0.857. The number of hydrogen-bond acceptors (Lipinski definition) is 1. The second kappa shape index (κ2) is 6.32. The fourth-order valence-corrected chi connectivity index (χ4v) is 2.40. The first-order valence-corrected chi connectivity index (χ1v) is 6.59. The zero-order valence-corrected chi connectivity index (χ0v) is 10.8. The Morgan fingerprint density at radius 1 is 1.27 bits per heavy atom. The summed E-state index contributed by atoms with van der Waals surface area (Å²) in [6.45, 7) is 10.3. The van der Waals surface area contributed by atoms with E-state index in [-0.39, 0.29) is 0 Å². The Balaban J connectivity index is 2.67. The van der Waals surface area contributed by atoms with E-state index in [9.17, 15) is 0 Å². The van der Waals surface area contributed by atoms with Crippen LogP contribution in [0.15, 0.2) is 11.6 Å². The Morgan fingerprint density at radius 3 is 2.47 bits per heavy atom. The molecule has 0 aromatic carbocycles. The molecule has 0 spiro atoms. The van der Waals surface area contributed by atoms with Crippen LogP contribution in [0.5, 0.6) is 0 Å². The van der Waals surface area contributed by atoms with E-state index in [2.05, 4.69) is 39.1 Å². The van der Waals surface area contributed by atoms with Crippen LogP contribution in [-0.2, 0) is 0 Å². The predicted molar refractivity (Wildman–Crippen MR) is 68.0 cm³/mol. The zero-order valence-electron chi connectivity index (χ0n) is 10.8. The van der Waals surface area contributed by atoms with Gasteiger partial charge in [-0.15, -0.1) is 0 Å². The molecule has 0 saturated heterocycles. The molecule has 0 aliphatic heterocycles. The minimum absolute atomic E-state index is 0.621. The molecule has 0 fully saturated rings. The van der Waals surface area contributed by atoms with E-state index in [4.69, 9.17) is 0 Å². The van der Waals surface area contributed by atoms with Crippen LogP contribution >= 0.6 is 0 Å². The molecule has 1 N–H and O–H groups in total. The van der Waals surface area contributed by atoms with Crippen molar-refractivity contribution in [3.8, 4) is 0 Å². The number of allylic oxidation sites excluding steroid dienone is 1. The third kappa shape index (κ3) is 3.64. The van der Waals surface area contributed by atoms with Gasteiger partial charge in [-0.25, -0.2) is 0 Å². The van der Waals surface area contributed by atoms with Crippen molar-refractivity contribution in [1.29, 1.82) is 0 Å². The lowest BCUT2D eigenvalue weighted by Crippen LogP contribution is -2.39. The summed E-state index contributed by atoms with van der Waals surface area (Å²) in [4.78, 5) is 0. The van der Waals surface area contributed by atoms with Gasteiger partial charge >= 0.3 is 0 Å². The highest BCUT2D eigenvalue weighted by molar-refractivity contribution is 5.14. The average Bonchev–Trinajstić information content (AvgIpc) is 2.26. The maximum absolute atomic E-state index is 3.67. The molecule has 0 bridgehead atoms. The highest BCUT2D eigenvalue weighted by Crippen LogP contribution is 2.27. The van der Waals surface area contributed by atoms with E-state index < -0.39 is 0 Å². The van der Waals surface area contributed by atoms with Gasteiger partial charge in [-0.05, 0) is 44.1 Å². The van der Waals surface area contributed by atoms with Gasteiger partial charge in [0.25, 0.3) is 0 Å². The number of rotatable bonds is 5. The van der Waals surface area contributed by atoms with Gasteiger partial charge < -0.3 is 5.32 Å². The average molecular weight is 209 g/mol. The van der Waals surface area contributed by atoms with Crippen LogP contribution in [0.25, 0.3) is 0 Å². The Labute approximate surface area is 95.3 Å². The van der Waals surface area contributed by atoms with Crippen molar-refractivity contribution in [2.45, 2.75) is 59.4 Å². The molecule has 1 rings (SSSR count). The van der Waals surface area contributed by atoms with Gasteiger partial charge in [0.05, 0.1) is 0 Å². The van der Waals surface area contributed by atoms with Gasteiger partial charge in [-0.2, -0.15) is 0 Å². The number of nitrogens with one attached hydrogen (secondary N) is 1. The van der Waals surface area contributed by atoms with Crippen LogP contribution in [0.3, 0.4) is 0 Å². The van der Waals surface area contributed by atoms with Gasteiger partial charge in [0, 0.05) is 6.04 Å². The number of likely N-dealkylation sites (N-methyl/N-ethyl adjacent to an activating group) is 1. The van der Waals surface area contributed by atoms with Gasteiger partial charge in [0.1, 0.15) is 0 Å². The molecule has 0 amide bonds. The smallest absolute Gasteiger partial charge is 0.0307 e. The topological polar surface area (TPSA) is 12.0 Å². The largest absolute Gasteiger partial charge is 0.310 e. The second-order valence-corrected chi connectivity index (χ2v) is 5.16. The molecule has 0 heterocycles. The van der Waals surface area contributed by atoms with E-state index in [1.807, 2.05) is 0 Å². The van der Waals surface area contributed by atoms with E-state index >= 15 is 0 Å². The summed E-state index contributed by atoms with van der Waals surface area (Å²) in [6, 6.07) is 0.621. The lowest BCUT2D eigenvalue weighted by Gasteiger charge is -2.31. The Morgan fingerprint density at radius 2 is 2.00 bits per heavy atom. The summed E-state index contributed by atoms with van der Waals surface area (Å²) in [5, 5.41) is 3.67. The molecule has 0 radical (unpaired) electrons. The molecule has 1 aliphatic carbocycles. The monoisotopic (exact) mass is 209 g/mol. The molecule has 1 heteroatoms. The SMILES string of the molecule is CCNC(C1=CCCCC1)C(C)C(C)C. The van der Waals surface area contributed by atoms with Crippen molar-refractivity contribution in [3.63, 3.8) is 0 Å². The van der Waals surface area contributed by atoms with Crippen molar-refractivity contribution in [1.82, 2.24) is 5.32 Å². The van der Waals surface area contributed by atoms with Crippen LogP contribution in [0.1, 0.15) is 53.4 Å². The quantitative estimate of drug-likeness (QED) is 0.680. The normalized spacial score (nSPS) is 21.3. The van der Waals surface area contributed by atoms with E-state index in [0.29, 0.717) is 6.04 Å². The van der Waals surface area contributed by atoms with Crippen LogP contribution in [0, 0.1) is 11.8 Å². The summed E-state index contributed by atoms with van der Waals surface area (Å²) < 4.78 is 0. The third-order valence-corrected chi connectivity index (χ3v) is 3.73. The lowest BCUT2D eigenvalue weighted by molar-refractivity contribution is 0.323. The van der Waals surface area contributed by atoms with E-state index in [1.54, 1.807) is 5.57 Å². The highest BCUT2D eigenvalue weighted by atomic mass is 14.9. The Hall–Kier alpha value is -0.300. The summed E-state index contributed by atoms with van der Waals surface area (Å²) in [5.41, 5.74) is 1.67. The minimum atomic E-state index is 0.621. The fourth-order valence-electron chi connectivity index (χ4n) is 2.40.